The van der Waals surface area contributed by atoms with Crippen LogP contribution < -0.4 is 10.6 Å². The maximum Gasteiger partial charge on any atom is 0.185 e. The molecule has 3 rings (SSSR count). The smallest absolute Gasteiger partial charge is 0.185 e. The normalized spacial score (nSPS) is 16.3. The number of hydrogen-bond acceptors (Lipinski definition) is 5. The van der Waals surface area contributed by atoms with Gasteiger partial charge in [0.2, 0.25) is 0 Å². The number of anilines is 1. The minimum absolute atomic E-state index is 0.633. The van der Waals surface area contributed by atoms with Gasteiger partial charge in [0.25, 0.3) is 0 Å². The molecule has 2 heterocycles. The van der Waals surface area contributed by atoms with Crippen molar-refractivity contribution in [3.05, 3.63) is 47.0 Å². The maximum absolute atomic E-state index is 5.81. The van der Waals surface area contributed by atoms with Crippen LogP contribution in [0.3, 0.4) is 0 Å². The summed E-state index contributed by atoms with van der Waals surface area (Å²) in [6, 6.07) is 8.51. The molecule has 0 atom stereocenters. The van der Waals surface area contributed by atoms with Crippen molar-refractivity contribution in [2.24, 2.45) is 5.73 Å². The highest BCUT2D eigenvalue weighted by Gasteiger charge is 2.18. The van der Waals surface area contributed by atoms with Gasteiger partial charge in [-0.3, -0.25) is 4.90 Å². The van der Waals surface area contributed by atoms with Crippen molar-refractivity contribution in [2.45, 2.75) is 13.0 Å². The third kappa shape index (κ3) is 3.61. The monoisotopic (exact) mass is 302 g/mol. The molecule has 1 fully saturated rings. The van der Waals surface area contributed by atoms with Crippen LogP contribution in [0.4, 0.5) is 5.13 Å². The van der Waals surface area contributed by atoms with Crippen molar-refractivity contribution in [1.82, 2.24) is 9.88 Å². The van der Waals surface area contributed by atoms with Gasteiger partial charge in [-0.25, -0.2) is 4.98 Å². The number of aromatic nitrogens is 1. The van der Waals surface area contributed by atoms with Crippen molar-refractivity contribution < 1.29 is 0 Å². The topological polar surface area (TPSA) is 45.4 Å². The van der Waals surface area contributed by atoms with Crippen LogP contribution in [0, 0.1) is 0 Å². The molecular formula is C16H22N4S. The number of rotatable bonds is 5. The lowest BCUT2D eigenvalue weighted by Gasteiger charge is -2.34. The number of thiazole rings is 1. The molecular weight excluding hydrogens is 280 g/mol. The second-order valence-corrected chi connectivity index (χ2v) is 6.24. The zero-order valence-corrected chi connectivity index (χ0v) is 13.1. The third-order valence-corrected chi connectivity index (χ3v) is 4.93. The Morgan fingerprint density at radius 2 is 1.86 bits per heavy atom. The lowest BCUT2D eigenvalue weighted by Crippen LogP contribution is -2.47. The van der Waals surface area contributed by atoms with Gasteiger partial charge < -0.3 is 10.6 Å². The highest BCUT2D eigenvalue weighted by atomic mass is 32.1. The Morgan fingerprint density at radius 3 is 2.52 bits per heavy atom. The molecule has 0 amide bonds. The van der Waals surface area contributed by atoms with Crippen molar-refractivity contribution in [3.63, 3.8) is 0 Å². The molecule has 1 aromatic carbocycles. The summed E-state index contributed by atoms with van der Waals surface area (Å²) < 4.78 is 0. The van der Waals surface area contributed by atoms with Crippen molar-refractivity contribution in [2.75, 3.05) is 37.6 Å². The largest absolute Gasteiger partial charge is 0.346 e. The van der Waals surface area contributed by atoms with E-state index in [-0.39, 0.29) is 0 Å². The van der Waals surface area contributed by atoms with Crippen molar-refractivity contribution in [1.29, 1.82) is 0 Å². The number of hydrogen-bond donors (Lipinski definition) is 1. The Hall–Kier alpha value is -1.43. The zero-order valence-electron chi connectivity index (χ0n) is 12.2. The average Bonchev–Trinajstić information content (AvgIpc) is 3.08. The third-order valence-electron chi connectivity index (χ3n) is 4.10. The van der Waals surface area contributed by atoms with Gasteiger partial charge in [0, 0.05) is 50.8 Å². The van der Waals surface area contributed by atoms with E-state index >= 15 is 0 Å². The molecule has 1 aliphatic rings. The molecule has 4 nitrogen and oxygen atoms in total. The van der Waals surface area contributed by atoms with E-state index < -0.39 is 0 Å². The van der Waals surface area contributed by atoms with E-state index in [1.54, 1.807) is 11.3 Å². The first-order valence-electron chi connectivity index (χ1n) is 7.50. The SMILES string of the molecule is NCc1ccccc1CCN1CCN(c2nccs2)CC1. The van der Waals surface area contributed by atoms with E-state index in [1.165, 1.54) is 11.1 Å². The fourth-order valence-electron chi connectivity index (χ4n) is 2.81. The van der Waals surface area contributed by atoms with Gasteiger partial charge in [-0.2, -0.15) is 0 Å². The highest BCUT2D eigenvalue weighted by Crippen LogP contribution is 2.19. The lowest BCUT2D eigenvalue weighted by atomic mass is 10.0. The van der Waals surface area contributed by atoms with Crippen LogP contribution in [0.25, 0.3) is 0 Å². The van der Waals surface area contributed by atoms with E-state index in [4.69, 9.17) is 5.73 Å². The van der Waals surface area contributed by atoms with Gasteiger partial charge in [-0.15, -0.1) is 11.3 Å². The Labute approximate surface area is 130 Å². The van der Waals surface area contributed by atoms with Crippen LogP contribution in [0.1, 0.15) is 11.1 Å². The Kier molecular flexibility index (Phi) is 4.85. The lowest BCUT2D eigenvalue weighted by molar-refractivity contribution is 0.261. The molecule has 5 heteroatoms. The summed E-state index contributed by atoms with van der Waals surface area (Å²) in [4.78, 5) is 9.32. The Balaban J connectivity index is 1.49. The van der Waals surface area contributed by atoms with E-state index in [2.05, 4.69) is 39.0 Å². The number of nitrogens with zero attached hydrogens (tertiary/aromatic N) is 3. The molecule has 0 saturated carbocycles. The zero-order chi connectivity index (χ0) is 14.5. The molecule has 2 aromatic rings. The highest BCUT2D eigenvalue weighted by molar-refractivity contribution is 7.13. The standard InChI is InChI=1S/C16H22N4S/c17-13-15-4-2-1-3-14(15)5-7-19-8-10-20(11-9-19)16-18-6-12-21-16/h1-4,6,12H,5,7-11,13,17H2. The van der Waals surface area contributed by atoms with Crippen molar-refractivity contribution >= 4 is 16.5 Å². The molecule has 0 radical (unpaired) electrons. The average molecular weight is 302 g/mol. The molecule has 1 saturated heterocycles. The van der Waals surface area contributed by atoms with Crippen LogP contribution >= 0.6 is 11.3 Å². The van der Waals surface area contributed by atoms with Crippen molar-refractivity contribution in [3.8, 4) is 0 Å². The predicted octanol–water partition coefficient (Wildman–Crippen LogP) is 1.97. The summed E-state index contributed by atoms with van der Waals surface area (Å²) in [5.74, 6) is 0. The number of nitrogens with two attached hydrogens (primary N) is 1. The van der Waals surface area contributed by atoms with Crippen LogP contribution in [-0.4, -0.2) is 42.6 Å². The molecule has 0 bridgehead atoms. The van der Waals surface area contributed by atoms with Gasteiger partial charge in [-0.05, 0) is 17.5 Å². The molecule has 112 valence electrons. The summed E-state index contributed by atoms with van der Waals surface area (Å²) in [5.41, 5.74) is 8.47. The molecule has 1 aromatic heterocycles. The van der Waals surface area contributed by atoms with Gasteiger partial charge >= 0.3 is 0 Å². The summed E-state index contributed by atoms with van der Waals surface area (Å²) in [6.07, 6.45) is 2.97. The van der Waals surface area contributed by atoms with Crippen LogP contribution in [0.5, 0.6) is 0 Å². The van der Waals surface area contributed by atoms with E-state index in [1.807, 2.05) is 11.6 Å². The summed E-state index contributed by atoms with van der Waals surface area (Å²) >= 11 is 1.73. The second-order valence-electron chi connectivity index (χ2n) is 5.37. The summed E-state index contributed by atoms with van der Waals surface area (Å²) in [7, 11) is 0. The fraction of sp³-hybridized carbons (Fsp3) is 0.438. The summed E-state index contributed by atoms with van der Waals surface area (Å²) in [5, 5.41) is 3.20. The number of benzene rings is 1. The fourth-order valence-corrected chi connectivity index (χ4v) is 3.51. The second kappa shape index (κ2) is 7.02. The maximum atomic E-state index is 5.81. The molecule has 0 aliphatic carbocycles. The molecule has 2 N–H and O–H groups in total. The first kappa shape index (κ1) is 14.5. The molecule has 0 unspecified atom stereocenters. The van der Waals surface area contributed by atoms with Crippen LogP contribution in [-0.2, 0) is 13.0 Å². The Bertz CT molecular complexity index is 547. The quantitative estimate of drug-likeness (QED) is 0.917. The van der Waals surface area contributed by atoms with Crippen LogP contribution in [0.2, 0.25) is 0 Å². The van der Waals surface area contributed by atoms with Gasteiger partial charge in [-0.1, -0.05) is 24.3 Å². The van der Waals surface area contributed by atoms with E-state index in [9.17, 15) is 0 Å². The molecule has 0 spiro atoms. The van der Waals surface area contributed by atoms with Gasteiger partial charge in [0.1, 0.15) is 0 Å². The van der Waals surface area contributed by atoms with Gasteiger partial charge in [0.15, 0.2) is 5.13 Å². The van der Waals surface area contributed by atoms with Crippen LogP contribution in [0.15, 0.2) is 35.8 Å². The predicted molar refractivity (Wildman–Crippen MR) is 88.8 cm³/mol. The van der Waals surface area contributed by atoms with E-state index in [0.29, 0.717) is 6.54 Å². The first-order valence-corrected chi connectivity index (χ1v) is 8.38. The van der Waals surface area contributed by atoms with E-state index in [0.717, 1.165) is 44.3 Å². The minimum atomic E-state index is 0.633. The Morgan fingerprint density at radius 1 is 1.10 bits per heavy atom. The van der Waals surface area contributed by atoms with Gasteiger partial charge in [0.05, 0.1) is 0 Å². The minimum Gasteiger partial charge on any atom is -0.346 e. The first-order chi connectivity index (χ1) is 10.4. The molecule has 21 heavy (non-hydrogen) atoms. The number of piperazine rings is 1. The summed E-state index contributed by atoms with van der Waals surface area (Å²) in [6.45, 7) is 6.13. The molecule has 1 aliphatic heterocycles.